The molecule has 1 N–H and O–H groups in total. The monoisotopic (exact) mass is 275 g/mol. The number of benzene rings is 1. The number of aromatic nitrogens is 3. The van der Waals surface area contributed by atoms with Crippen LogP contribution in [-0.2, 0) is 0 Å². The molecule has 2 rings (SSSR count). The number of ether oxygens (including phenoxy) is 1. The van der Waals surface area contributed by atoms with Gasteiger partial charge in [0, 0.05) is 0 Å². The van der Waals surface area contributed by atoms with Gasteiger partial charge in [0.15, 0.2) is 10.9 Å². The van der Waals surface area contributed by atoms with E-state index < -0.39 is 0 Å². The van der Waals surface area contributed by atoms with Gasteiger partial charge >= 0.3 is 0 Å². The molecule has 0 saturated carbocycles. The molecule has 98 valence electrons. The smallest absolute Gasteiger partial charge is 0.277 e. The fraction of sp³-hybridized carbons (Fsp3) is 0.154. The Bertz CT molecular complexity index is 635. The van der Waals surface area contributed by atoms with Gasteiger partial charge in [-0.3, -0.25) is 9.78 Å². The molecule has 0 fully saturated rings. The van der Waals surface area contributed by atoms with Gasteiger partial charge in [-0.05, 0) is 30.0 Å². The molecule has 0 aliphatic rings. The highest BCUT2D eigenvalue weighted by Gasteiger charge is 2.00. The van der Waals surface area contributed by atoms with Crippen molar-refractivity contribution in [2.24, 2.45) is 0 Å². The molecule has 1 heterocycles. The van der Waals surface area contributed by atoms with Crippen LogP contribution in [0.5, 0.6) is 5.75 Å². The number of hydrogen-bond acceptors (Lipinski definition) is 5. The van der Waals surface area contributed by atoms with Gasteiger partial charge in [-0.15, -0.1) is 10.2 Å². The molecule has 19 heavy (non-hydrogen) atoms. The van der Waals surface area contributed by atoms with Crippen LogP contribution in [0.1, 0.15) is 11.3 Å². The Morgan fingerprint density at radius 3 is 2.53 bits per heavy atom. The molecule has 1 aromatic heterocycles. The second-order valence-electron chi connectivity index (χ2n) is 3.66. The maximum atomic E-state index is 11.7. The van der Waals surface area contributed by atoms with Gasteiger partial charge in [-0.1, -0.05) is 30.0 Å². The topological polar surface area (TPSA) is 67.9 Å². The molecule has 0 bridgehead atoms. The van der Waals surface area contributed by atoms with Crippen LogP contribution in [0.4, 0.5) is 0 Å². The SMILES string of the molecule is COc1ccc(C=Cc2nnc(SC)[nH]c2=O)cc1. The second kappa shape index (κ2) is 6.19. The van der Waals surface area contributed by atoms with Gasteiger partial charge in [0.2, 0.25) is 0 Å². The van der Waals surface area contributed by atoms with Gasteiger partial charge in [-0.2, -0.15) is 0 Å². The zero-order chi connectivity index (χ0) is 13.7. The number of methoxy groups -OCH3 is 1. The second-order valence-corrected chi connectivity index (χ2v) is 4.45. The molecule has 2 aromatic rings. The van der Waals surface area contributed by atoms with Crippen LogP contribution in [0, 0.1) is 0 Å². The highest BCUT2D eigenvalue weighted by Crippen LogP contribution is 2.13. The Morgan fingerprint density at radius 1 is 1.21 bits per heavy atom. The molecule has 0 saturated heterocycles. The van der Waals surface area contributed by atoms with E-state index >= 15 is 0 Å². The largest absolute Gasteiger partial charge is 0.497 e. The number of aromatic amines is 1. The van der Waals surface area contributed by atoms with Crippen molar-refractivity contribution in [2.75, 3.05) is 13.4 Å². The lowest BCUT2D eigenvalue weighted by atomic mass is 10.2. The summed E-state index contributed by atoms with van der Waals surface area (Å²) in [5.74, 6) is 0.791. The highest BCUT2D eigenvalue weighted by atomic mass is 32.2. The van der Waals surface area contributed by atoms with Crippen molar-refractivity contribution in [2.45, 2.75) is 5.16 Å². The predicted molar refractivity (Wildman–Crippen MR) is 76.4 cm³/mol. The lowest BCUT2D eigenvalue weighted by molar-refractivity contribution is 0.415. The molecule has 0 aliphatic carbocycles. The molecular formula is C13H13N3O2S. The number of nitrogens with one attached hydrogen (secondary N) is 1. The molecule has 0 atom stereocenters. The first-order valence-electron chi connectivity index (χ1n) is 5.56. The Labute approximate surface area is 114 Å². The predicted octanol–water partition coefficient (Wildman–Crippen LogP) is 2.07. The summed E-state index contributed by atoms with van der Waals surface area (Å²) in [6, 6.07) is 7.50. The van der Waals surface area contributed by atoms with Gasteiger partial charge in [0.05, 0.1) is 7.11 Å². The summed E-state index contributed by atoms with van der Waals surface area (Å²) < 4.78 is 5.07. The van der Waals surface area contributed by atoms with Crippen LogP contribution in [0.15, 0.2) is 34.2 Å². The van der Waals surface area contributed by atoms with Crippen molar-refractivity contribution in [1.29, 1.82) is 0 Å². The van der Waals surface area contributed by atoms with E-state index in [4.69, 9.17) is 4.74 Å². The number of hydrogen-bond donors (Lipinski definition) is 1. The van der Waals surface area contributed by atoms with Crippen molar-refractivity contribution < 1.29 is 4.74 Å². The first kappa shape index (κ1) is 13.4. The number of thioether (sulfide) groups is 1. The molecule has 0 amide bonds. The quantitative estimate of drug-likeness (QED) is 0.865. The molecular weight excluding hydrogens is 262 g/mol. The van der Waals surface area contributed by atoms with Crippen molar-refractivity contribution in [3.05, 3.63) is 45.9 Å². The Morgan fingerprint density at radius 2 is 1.95 bits per heavy atom. The van der Waals surface area contributed by atoms with E-state index in [0.29, 0.717) is 5.16 Å². The van der Waals surface area contributed by atoms with E-state index in [1.807, 2.05) is 30.5 Å². The van der Waals surface area contributed by atoms with E-state index in [2.05, 4.69) is 15.2 Å². The van der Waals surface area contributed by atoms with Gasteiger partial charge < -0.3 is 4.74 Å². The number of H-pyrrole nitrogens is 1. The first-order chi connectivity index (χ1) is 9.22. The van der Waals surface area contributed by atoms with Crippen LogP contribution >= 0.6 is 11.8 Å². The van der Waals surface area contributed by atoms with Crippen molar-refractivity contribution >= 4 is 23.9 Å². The average molecular weight is 275 g/mol. The number of rotatable bonds is 4. The average Bonchev–Trinajstić information content (AvgIpc) is 2.46. The fourth-order valence-corrected chi connectivity index (χ4v) is 1.74. The normalized spacial score (nSPS) is 10.8. The third-order valence-electron chi connectivity index (χ3n) is 2.44. The lowest BCUT2D eigenvalue weighted by Crippen LogP contribution is -2.14. The summed E-state index contributed by atoms with van der Waals surface area (Å²) in [6.45, 7) is 0. The van der Waals surface area contributed by atoms with E-state index in [1.165, 1.54) is 11.8 Å². The molecule has 0 radical (unpaired) electrons. The molecule has 1 aromatic carbocycles. The molecule has 0 spiro atoms. The Hall–Kier alpha value is -2.08. The van der Waals surface area contributed by atoms with Crippen LogP contribution in [0.2, 0.25) is 0 Å². The summed E-state index contributed by atoms with van der Waals surface area (Å²) in [4.78, 5) is 14.3. The maximum Gasteiger partial charge on any atom is 0.277 e. The van der Waals surface area contributed by atoms with Crippen molar-refractivity contribution in [3.8, 4) is 5.75 Å². The van der Waals surface area contributed by atoms with Crippen molar-refractivity contribution in [3.63, 3.8) is 0 Å². The maximum absolute atomic E-state index is 11.7. The minimum atomic E-state index is -0.246. The van der Waals surface area contributed by atoms with E-state index in [-0.39, 0.29) is 11.3 Å². The summed E-state index contributed by atoms with van der Waals surface area (Å²) in [5.41, 5.74) is 0.994. The zero-order valence-corrected chi connectivity index (χ0v) is 11.4. The van der Waals surface area contributed by atoms with Gasteiger partial charge in [-0.25, -0.2) is 0 Å². The van der Waals surface area contributed by atoms with Crippen LogP contribution in [0.25, 0.3) is 12.2 Å². The standard InChI is InChI=1S/C13H13N3O2S/c1-18-10-6-3-9(4-7-10)5-8-11-12(17)14-13(19-2)16-15-11/h3-8H,1-2H3,(H,14,16,17). The van der Waals surface area contributed by atoms with Crippen LogP contribution < -0.4 is 10.3 Å². The first-order valence-corrected chi connectivity index (χ1v) is 6.78. The van der Waals surface area contributed by atoms with Crippen molar-refractivity contribution in [1.82, 2.24) is 15.2 Å². The van der Waals surface area contributed by atoms with Crippen LogP contribution in [-0.4, -0.2) is 28.5 Å². The Balaban J connectivity index is 2.19. The molecule has 0 unspecified atom stereocenters. The van der Waals surface area contributed by atoms with E-state index in [0.717, 1.165) is 11.3 Å². The fourth-order valence-electron chi connectivity index (χ4n) is 1.42. The molecule has 0 aliphatic heterocycles. The third-order valence-corrected chi connectivity index (χ3v) is 3.01. The van der Waals surface area contributed by atoms with Gasteiger partial charge in [0.1, 0.15) is 5.75 Å². The summed E-state index contributed by atoms with van der Waals surface area (Å²) in [5, 5.41) is 8.26. The minimum Gasteiger partial charge on any atom is -0.497 e. The summed E-state index contributed by atoms with van der Waals surface area (Å²) in [7, 11) is 1.62. The molecule has 5 nitrogen and oxygen atoms in total. The third kappa shape index (κ3) is 3.45. The summed E-state index contributed by atoms with van der Waals surface area (Å²) in [6.07, 6.45) is 5.27. The van der Waals surface area contributed by atoms with E-state index in [1.54, 1.807) is 19.3 Å². The Kier molecular flexibility index (Phi) is 4.35. The molecule has 6 heteroatoms. The lowest BCUT2D eigenvalue weighted by Gasteiger charge is -1.99. The van der Waals surface area contributed by atoms with Crippen LogP contribution in [0.3, 0.4) is 0 Å². The minimum absolute atomic E-state index is 0.246. The highest BCUT2D eigenvalue weighted by molar-refractivity contribution is 7.98. The van der Waals surface area contributed by atoms with E-state index in [9.17, 15) is 4.79 Å². The number of nitrogens with zero attached hydrogens (tertiary/aromatic N) is 2. The van der Waals surface area contributed by atoms with Gasteiger partial charge in [0.25, 0.3) is 5.56 Å². The summed E-state index contributed by atoms with van der Waals surface area (Å²) >= 11 is 1.34. The zero-order valence-electron chi connectivity index (χ0n) is 10.6.